The van der Waals surface area contributed by atoms with Crippen molar-refractivity contribution in [2.24, 2.45) is 0 Å². The molecule has 0 fully saturated rings. The lowest BCUT2D eigenvalue weighted by Crippen LogP contribution is -2.45. The van der Waals surface area contributed by atoms with Gasteiger partial charge in [-0.2, -0.15) is 13.2 Å². The first kappa shape index (κ1) is 20.5. The molecule has 9 heteroatoms. The zero-order chi connectivity index (χ0) is 21.0. The molecule has 2 aromatic rings. The van der Waals surface area contributed by atoms with Crippen LogP contribution in [0.15, 0.2) is 48.5 Å². The zero-order valence-corrected chi connectivity index (χ0v) is 15.5. The summed E-state index contributed by atoms with van der Waals surface area (Å²) < 4.78 is 48.6. The first-order valence-corrected chi connectivity index (χ1v) is 8.94. The standard InChI is InChI=1S/C20H19F3N2O4/c1-13-18(26)25(10-5-11-28-15-6-3-2-4-7-15)16-12-14(8-9-17(16)29-13)24-19(27)20(21,22)23/h2-4,6-9,12-13H,5,10-11H2,1H3,(H,24,27). The third-order valence-electron chi connectivity index (χ3n) is 4.22. The van der Waals surface area contributed by atoms with E-state index in [1.165, 1.54) is 23.1 Å². The van der Waals surface area contributed by atoms with Crippen LogP contribution in [0.1, 0.15) is 13.3 Å². The highest BCUT2D eigenvalue weighted by Gasteiger charge is 2.39. The number of rotatable bonds is 6. The van der Waals surface area contributed by atoms with Gasteiger partial charge in [-0.15, -0.1) is 0 Å². The fraction of sp³-hybridized carbons (Fsp3) is 0.300. The molecule has 0 aliphatic carbocycles. The molecule has 29 heavy (non-hydrogen) atoms. The van der Waals surface area contributed by atoms with Gasteiger partial charge in [-0.3, -0.25) is 9.59 Å². The average molecular weight is 408 g/mol. The van der Waals surface area contributed by atoms with E-state index < -0.39 is 18.2 Å². The number of halogens is 3. The highest BCUT2D eigenvalue weighted by Crippen LogP contribution is 2.36. The average Bonchev–Trinajstić information content (AvgIpc) is 2.68. The smallest absolute Gasteiger partial charge is 0.471 e. The number of nitrogens with zero attached hydrogens (tertiary/aromatic N) is 1. The molecule has 3 rings (SSSR count). The Morgan fingerprint density at radius 2 is 1.93 bits per heavy atom. The molecule has 1 atom stereocenters. The van der Waals surface area contributed by atoms with Crippen molar-refractivity contribution >= 4 is 23.2 Å². The number of fused-ring (bicyclic) bond motifs is 1. The fourth-order valence-corrected chi connectivity index (χ4v) is 2.85. The van der Waals surface area contributed by atoms with E-state index in [2.05, 4.69) is 0 Å². The Morgan fingerprint density at radius 3 is 2.62 bits per heavy atom. The van der Waals surface area contributed by atoms with Crippen molar-refractivity contribution in [3.63, 3.8) is 0 Å². The topological polar surface area (TPSA) is 67.9 Å². The second-order valence-electron chi connectivity index (χ2n) is 6.40. The maximum absolute atomic E-state index is 12.5. The Bertz CT molecular complexity index is 887. The van der Waals surface area contributed by atoms with Crippen LogP contribution in [0.25, 0.3) is 0 Å². The maximum atomic E-state index is 12.5. The normalized spacial score (nSPS) is 16.1. The predicted octanol–water partition coefficient (Wildman–Crippen LogP) is 3.77. The molecule has 1 N–H and O–H groups in total. The van der Waals surface area contributed by atoms with E-state index in [-0.39, 0.29) is 18.1 Å². The first-order chi connectivity index (χ1) is 13.8. The van der Waals surface area contributed by atoms with Crippen LogP contribution in [0, 0.1) is 0 Å². The van der Waals surface area contributed by atoms with Crippen LogP contribution in [0.2, 0.25) is 0 Å². The number of hydrogen-bond donors (Lipinski definition) is 1. The molecule has 0 aromatic heterocycles. The molecule has 0 saturated heterocycles. The first-order valence-electron chi connectivity index (χ1n) is 8.94. The van der Waals surface area contributed by atoms with E-state index in [9.17, 15) is 22.8 Å². The van der Waals surface area contributed by atoms with Gasteiger partial charge in [0.15, 0.2) is 6.10 Å². The monoisotopic (exact) mass is 408 g/mol. The predicted molar refractivity (Wildman–Crippen MR) is 100 cm³/mol. The molecule has 0 saturated carbocycles. The number of hydrogen-bond acceptors (Lipinski definition) is 4. The van der Waals surface area contributed by atoms with Crippen molar-refractivity contribution in [3.05, 3.63) is 48.5 Å². The van der Waals surface area contributed by atoms with Gasteiger partial charge in [-0.25, -0.2) is 0 Å². The number of nitrogens with one attached hydrogen (secondary N) is 1. The summed E-state index contributed by atoms with van der Waals surface area (Å²) in [5.74, 6) is -1.36. The molecule has 2 amide bonds. The van der Waals surface area contributed by atoms with Crippen LogP contribution >= 0.6 is 0 Å². The van der Waals surface area contributed by atoms with Crippen LogP contribution in [-0.4, -0.2) is 37.2 Å². The van der Waals surface area contributed by atoms with Gasteiger partial charge < -0.3 is 19.7 Å². The van der Waals surface area contributed by atoms with Crippen molar-refractivity contribution in [1.29, 1.82) is 0 Å². The number of amides is 2. The summed E-state index contributed by atoms with van der Waals surface area (Å²) in [4.78, 5) is 25.2. The van der Waals surface area contributed by atoms with Gasteiger partial charge in [-0.05, 0) is 43.7 Å². The van der Waals surface area contributed by atoms with Crippen molar-refractivity contribution in [1.82, 2.24) is 0 Å². The molecule has 0 spiro atoms. The summed E-state index contributed by atoms with van der Waals surface area (Å²) in [6, 6.07) is 13.2. The molecule has 6 nitrogen and oxygen atoms in total. The van der Waals surface area contributed by atoms with Crippen molar-refractivity contribution in [2.75, 3.05) is 23.4 Å². The minimum Gasteiger partial charge on any atom is -0.494 e. The molecule has 1 heterocycles. The molecular formula is C20H19F3N2O4. The largest absolute Gasteiger partial charge is 0.494 e. The summed E-state index contributed by atoms with van der Waals surface area (Å²) in [6.07, 6.45) is -5.25. The SMILES string of the molecule is CC1Oc2ccc(NC(=O)C(F)(F)F)cc2N(CCCOc2ccccc2)C1=O. The number of carbonyl (C=O) groups excluding carboxylic acids is 2. The van der Waals surface area contributed by atoms with Crippen molar-refractivity contribution < 1.29 is 32.2 Å². The molecule has 0 radical (unpaired) electrons. The van der Waals surface area contributed by atoms with Crippen LogP contribution in [0.4, 0.5) is 24.5 Å². The third-order valence-corrected chi connectivity index (χ3v) is 4.22. The summed E-state index contributed by atoms with van der Waals surface area (Å²) in [5, 5.41) is 1.79. The highest BCUT2D eigenvalue weighted by atomic mass is 19.4. The fourth-order valence-electron chi connectivity index (χ4n) is 2.85. The lowest BCUT2D eigenvalue weighted by atomic mass is 10.1. The maximum Gasteiger partial charge on any atom is 0.471 e. The Labute approximate surface area is 165 Å². The minimum atomic E-state index is -5.01. The van der Waals surface area contributed by atoms with Crippen LogP contribution in [0.3, 0.4) is 0 Å². The number of alkyl halides is 3. The summed E-state index contributed by atoms with van der Waals surface area (Å²) in [6.45, 7) is 2.23. The molecule has 154 valence electrons. The van der Waals surface area contributed by atoms with E-state index >= 15 is 0 Å². The van der Waals surface area contributed by atoms with Gasteiger partial charge in [0.25, 0.3) is 5.91 Å². The van der Waals surface area contributed by atoms with Gasteiger partial charge in [0, 0.05) is 12.2 Å². The number of benzene rings is 2. The van der Waals surface area contributed by atoms with Gasteiger partial charge in [0.05, 0.1) is 12.3 Å². The number of ether oxygens (including phenoxy) is 2. The quantitative estimate of drug-likeness (QED) is 0.739. The van der Waals surface area contributed by atoms with Gasteiger partial charge in [0.1, 0.15) is 11.5 Å². The van der Waals surface area contributed by atoms with Crippen LogP contribution < -0.4 is 19.7 Å². The van der Waals surface area contributed by atoms with E-state index in [0.29, 0.717) is 30.2 Å². The van der Waals surface area contributed by atoms with Crippen LogP contribution in [-0.2, 0) is 9.59 Å². The molecule has 1 unspecified atom stereocenters. The lowest BCUT2D eigenvalue weighted by Gasteiger charge is -2.33. The van der Waals surface area contributed by atoms with Crippen LogP contribution in [0.5, 0.6) is 11.5 Å². The second-order valence-corrected chi connectivity index (χ2v) is 6.40. The summed E-state index contributed by atoms with van der Waals surface area (Å²) >= 11 is 0. The molecule has 0 bridgehead atoms. The Balaban J connectivity index is 1.71. The third kappa shape index (κ3) is 4.98. The number of para-hydroxylation sites is 1. The van der Waals surface area contributed by atoms with Crippen molar-refractivity contribution in [2.45, 2.75) is 25.6 Å². The van der Waals surface area contributed by atoms with Gasteiger partial charge >= 0.3 is 12.1 Å². The lowest BCUT2D eigenvalue weighted by molar-refractivity contribution is -0.167. The number of anilines is 2. The summed E-state index contributed by atoms with van der Waals surface area (Å²) in [7, 11) is 0. The molecule has 1 aliphatic rings. The Hall–Kier alpha value is -3.23. The van der Waals surface area contributed by atoms with E-state index in [4.69, 9.17) is 9.47 Å². The Kier molecular flexibility index (Phi) is 5.95. The van der Waals surface area contributed by atoms with Crippen molar-refractivity contribution in [3.8, 4) is 11.5 Å². The second kappa shape index (κ2) is 8.42. The molecular weight excluding hydrogens is 389 g/mol. The minimum absolute atomic E-state index is 0.0810. The van der Waals surface area contributed by atoms with Gasteiger partial charge in [-0.1, -0.05) is 18.2 Å². The van der Waals surface area contributed by atoms with Gasteiger partial charge in [0.2, 0.25) is 0 Å². The summed E-state index contributed by atoms with van der Waals surface area (Å²) in [5.41, 5.74) is 0.218. The molecule has 2 aromatic carbocycles. The number of carbonyl (C=O) groups is 2. The molecule has 1 aliphatic heterocycles. The van der Waals surface area contributed by atoms with E-state index in [1.54, 1.807) is 12.2 Å². The van der Waals surface area contributed by atoms with E-state index in [0.717, 1.165) is 0 Å². The Morgan fingerprint density at radius 1 is 1.21 bits per heavy atom. The zero-order valence-electron chi connectivity index (χ0n) is 15.5. The van der Waals surface area contributed by atoms with E-state index in [1.807, 2.05) is 30.3 Å². The highest BCUT2D eigenvalue weighted by molar-refractivity contribution is 6.01.